The molecule has 2 heterocycles. The summed E-state index contributed by atoms with van der Waals surface area (Å²) in [6.45, 7) is 11.3. The number of anilines is 1. The maximum absolute atomic E-state index is 12.9. The number of esters is 1. The van der Waals surface area contributed by atoms with Gasteiger partial charge < -0.3 is 9.64 Å². The van der Waals surface area contributed by atoms with E-state index < -0.39 is 0 Å². The number of allylic oxidation sites excluding steroid dienone is 3. The van der Waals surface area contributed by atoms with Crippen molar-refractivity contribution in [1.29, 1.82) is 0 Å². The Balaban J connectivity index is 1.28. The number of benzene rings is 1. The van der Waals surface area contributed by atoms with Gasteiger partial charge in [0.2, 0.25) is 0 Å². The highest BCUT2D eigenvalue weighted by Gasteiger charge is 2.51. The number of nitrogens with zero attached hydrogens (tertiary/aromatic N) is 2. The molecule has 4 aliphatic rings. The Bertz CT molecular complexity index is 947. The molecule has 4 nitrogen and oxygen atoms in total. The summed E-state index contributed by atoms with van der Waals surface area (Å²) in [5, 5.41) is 0.784. The standard InChI is InChI=1S/C26H33ClN2O2/c1-17-5-4-8-26(3)15-24-20(14-22(17)26)21(25(30)31-24)16-28-9-11-29(12-10-28)23-13-19(27)7-6-18(23)2/h5-7,13-14,20-21,24H,4,8-12,15-16H2,1-3H3/t20-,21+,24-,26-/m1/s1. The van der Waals surface area contributed by atoms with E-state index >= 15 is 0 Å². The Morgan fingerprint density at radius 3 is 2.74 bits per heavy atom. The number of carbonyl (C=O) groups is 1. The molecule has 5 rings (SSSR count). The smallest absolute Gasteiger partial charge is 0.311 e. The predicted molar refractivity (Wildman–Crippen MR) is 126 cm³/mol. The van der Waals surface area contributed by atoms with Crippen LogP contribution in [0.2, 0.25) is 5.02 Å². The lowest BCUT2D eigenvalue weighted by Gasteiger charge is -2.43. The molecule has 0 radical (unpaired) electrons. The number of carbonyl (C=O) groups excluding carboxylic acids is 1. The third-order valence-corrected chi connectivity index (χ3v) is 8.27. The Kier molecular flexibility index (Phi) is 5.42. The van der Waals surface area contributed by atoms with Gasteiger partial charge in [-0.2, -0.15) is 0 Å². The number of aryl methyl sites for hydroxylation is 1. The highest BCUT2D eigenvalue weighted by Crippen LogP contribution is 2.52. The summed E-state index contributed by atoms with van der Waals surface area (Å²) < 4.78 is 5.93. The first-order valence-corrected chi connectivity index (χ1v) is 12.1. The fourth-order valence-electron chi connectivity index (χ4n) is 6.21. The predicted octanol–water partition coefficient (Wildman–Crippen LogP) is 5.00. The molecule has 166 valence electrons. The first kappa shape index (κ1) is 21.1. The topological polar surface area (TPSA) is 32.8 Å². The van der Waals surface area contributed by atoms with Gasteiger partial charge in [-0.15, -0.1) is 0 Å². The maximum Gasteiger partial charge on any atom is 0.311 e. The van der Waals surface area contributed by atoms with Crippen molar-refractivity contribution in [3.05, 3.63) is 52.1 Å². The molecule has 5 heteroatoms. The minimum atomic E-state index is -0.0452. The minimum absolute atomic E-state index is 0.00356. The summed E-state index contributed by atoms with van der Waals surface area (Å²) in [5.41, 5.74) is 5.51. The molecule has 0 spiro atoms. The molecule has 0 bridgehead atoms. The first-order chi connectivity index (χ1) is 14.8. The fraction of sp³-hybridized carbons (Fsp3) is 0.577. The molecule has 2 fully saturated rings. The molecule has 31 heavy (non-hydrogen) atoms. The molecule has 0 saturated carbocycles. The summed E-state index contributed by atoms with van der Waals surface area (Å²) >= 11 is 6.23. The van der Waals surface area contributed by atoms with Crippen LogP contribution in [0.25, 0.3) is 0 Å². The van der Waals surface area contributed by atoms with Crippen molar-refractivity contribution in [3.8, 4) is 0 Å². The Morgan fingerprint density at radius 2 is 1.97 bits per heavy atom. The lowest BCUT2D eigenvalue weighted by Crippen LogP contribution is -2.49. The molecule has 4 atom stereocenters. The highest BCUT2D eigenvalue weighted by atomic mass is 35.5. The number of ether oxygens (including phenoxy) is 1. The van der Waals surface area contributed by atoms with Gasteiger partial charge in [-0.1, -0.05) is 42.3 Å². The molecule has 1 aromatic carbocycles. The van der Waals surface area contributed by atoms with Gasteiger partial charge in [0, 0.05) is 49.4 Å². The summed E-state index contributed by atoms with van der Waals surface area (Å²) in [4.78, 5) is 17.7. The van der Waals surface area contributed by atoms with Crippen LogP contribution < -0.4 is 4.90 Å². The van der Waals surface area contributed by atoms with Crippen LogP contribution in [0, 0.1) is 24.2 Å². The van der Waals surface area contributed by atoms with Crippen molar-refractivity contribution >= 4 is 23.3 Å². The lowest BCUT2D eigenvalue weighted by molar-refractivity contribution is -0.145. The zero-order valence-electron chi connectivity index (χ0n) is 18.9. The van der Waals surface area contributed by atoms with E-state index in [9.17, 15) is 4.79 Å². The monoisotopic (exact) mass is 440 g/mol. The molecule has 0 aromatic heterocycles. The third kappa shape index (κ3) is 3.82. The van der Waals surface area contributed by atoms with Crippen LogP contribution in [0.15, 0.2) is 41.5 Å². The van der Waals surface area contributed by atoms with Gasteiger partial charge in [0.05, 0.1) is 5.92 Å². The Morgan fingerprint density at radius 1 is 1.19 bits per heavy atom. The van der Waals surface area contributed by atoms with Crippen molar-refractivity contribution in [1.82, 2.24) is 4.90 Å². The zero-order chi connectivity index (χ0) is 21.8. The SMILES string of the molecule is CC1=CCC[C@]2(C)C[C@H]3OC(=O)[C@@H](CN4CCN(c5cc(Cl)ccc5C)CC4)[C@H]3C=C12. The minimum Gasteiger partial charge on any atom is -0.461 e. The quantitative estimate of drug-likeness (QED) is 0.619. The summed E-state index contributed by atoms with van der Waals surface area (Å²) in [5.74, 6) is 0.172. The van der Waals surface area contributed by atoms with Crippen molar-refractivity contribution in [2.24, 2.45) is 17.3 Å². The molecular formula is C26H33ClN2O2. The van der Waals surface area contributed by atoms with E-state index in [-0.39, 0.29) is 29.3 Å². The van der Waals surface area contributed by atoms with E-state index in [0.717, 1.165) is 57.0 Å². The molecule has 2 aliphatic heterocycles. The number of fused-ring (bicyclic) bond motifs is 2. The van der Waals surface area contributed by atoms with E-state index in [2.05, 4.69) is 54.9 Å². The molecular weight excluding hydrogens is 408 g/mol. The molecule has 2 saturated heterocycles. The molecule has 1 aromatic rings. The van der Waals surface area contributed by atoms with Gasteiger partial charge in [0.15, 0.2) is 0 Å². The van der Waals surface area contributed by atoms with Gasteiger partial charge in [0.1, 0.15) is 6.10 Å². The van der Waals surface area contributed by atoms with Crippen LogP contribution in [-0.4, -0.2) is 49.7 Å². The van der Waals surface area contributed by atoms with E-state index in [1.807, 2.05) is 6.07 Å². The third-order valence-electron chi connectivity index (χ3n) is 8.04. The van der Waals surface area contributed by atoms with Gasteiger partial charge in [-0.3, -0.25) is 9.69 Å². The van der Waals surface area contributed by atoms with Gasteiger partial charge in [0.25, 0.3) is 0 Å². The zero-order valence-corrected chi connectivity index (χ0v) is 19.6. The number of hydrogen-bond donors (Lipinski definition) is 0. The van der Waals surface area contributed by atoms with Crippen LogP contribution in [-0.2, 0) is 9.53 Å². The normalized spacial score (nSPS) is 33.4. The van der Waals surface area contributed by atoms with Crippen molar-refractivity contribution < 1.29 is 9.53 Å². The summed E-state index contributed by atoms with van der Waals surface area (Å²) in [6, 6.07) is 6.10. The number of hydrogen-bond acceptors (Lipinski definition) is 4. The first-order valence-electron chi connectivity index (χ1n) is 11.7. The Labute approximate surface area is 190 Å². The summed E-state index contributed by atoms with van der Waals surface area (Å²) in [7, 11) is 0. The van der Waals surface area contributed by atoms with Crippen molar-refractivity contribution in [2.75, 3.05) is 37.6 Å². The number of rotatable bonds is 3. The van der Waals surface area contributed by atoms with Gasteiger partial charge >= 0.3 is 5.97 Å². The second-order valence-electron chi connectivity index (χ2n) is 10.1. The van der Waals surface area contributed by atoms with Crippen molar-refractivity contribution in [3.63, 3.8) is 0 Å². The molecule has 2 aliphatic carbocycles. The van der Waals surface area contributed by atoms with Gasteiger partial charge in [-0.25, -0.2) is 0 Å². The highest BCUT2D eigenvalue weighted by molar-refractivity contribution is 6.30. The Hall–Kier alpha value is -1.78. The average Bonchev–Trinajstić information content (AvgIpc) is 3.02. The molecule has 0 unspecified atom stereocenters. The second kappa shape index (κ2) is 7.97. The largest absolute Gasteiger partial charge is 0.461 e. The average molecular weight is 441 g/mol. The fourth-order valence-corrected chi connectivity index (χ4v) is 6.38. The van der Waals surface area contributed by atoms with Crippen LogP contribution in [0.1, 0.15) is 38.7 Å². The summed E-state index contributed by atoms with van der Waals surface area (Å²) in [6.07, 6.45) is 8.07. The lowest BCUT2D eigenvalue weighted by atomic mass is 9.62. The van der Waals surface area contributed by atoms with Crippen LogP contribution in [0.5, 0.6) is 0 Å². The maximum atomic E-state index is 12.9. The van der Waals surface area contributed by atoms with E-state index in [4.69, 9.17) is 16.3 Å². The second-order valence-corrected chi connectivity index (χ2v) is 10.6. The number of halogens is 1. The van der Waals surface area contributed by atoms with Crippen LogP contribution >= 0.6 is 11.6 Å². The van der Waals surface area contributed by atoms with E-state index in [1.165, 1.54) is 22.4 Å². The number of piperazine rings is 1. The van der Waals surface area contributed by atoms with E-state index in [1.54, 1.807) is 0 Å². The molecule has 0 amide bonds. The van der Waals surface area contributed by atoms with Crippen LogP contribution in [0.3, 0.4) is 0 Å². The van der Waals surface area contributed by atoms with E-state index in [0.29, 0.717) is 0 Å². The van der Waals surface area contributed by atoms with Crippen molar-refractivity contribution in [2.45, 2.75) is 46.1 Å². The van der Waals surface area contributed by atoms with Crippen LogP contribution in [0.4, 0.5) is 5.69 Å². The van der Waals surface area contributed by atoms with Gasteiger partial charge in [-0.05, 0) is 61.8 Å². The molecule has 0 N–H and O–H groups in total.